The van der Waals surface area contributed by atoms with Gasteiger partial charge in [0.25, 0.3) is 0 Å². The number of rotatable bonds is 5. The Kier molecular flexibility index (Phi) is 3.99. The van der Waals surface area contributed by atoms with Crippen LogP contribution in [-0.4, -0.2) is 17.8 Å². The second-order valence-corrected chi connectivity index (χ2v) is 3.33. The molecule has 0 aliphatic heterocycles. The summed E-state index contributed by atoms with van der Waals surface area (Å²) in [5.74, 6) is 0.280. The number of hydrogen-bond acceptors (Lipinski definition) is 4. The van der Waals surface area contributed by atoms with Crippen LogP contribution in [0.15, 0.2) is 18.2 Å². The molecule has 0 bridgehead atoms. The average Bonchev–Trinajstić information content (AvgIpc) is 2.28. The van der Waals surface area contributed by atoms with Crippen molar-refractivity contribution in [1.29, 1.82) is 0 Å². The third kappa shape index (κ3) is 2.79. The van der Waals surface area contributed by atoms with Crippen LogP contribution >= 0.6 is 0 Å². The Bertz CT molecular complexity index is 414. The molecule has 0 amide bonds. The van der Waals surface area contributed by atoms with Gasteiger partial charge < -0.3 is 4.74 Å². The van der Waals surface area contributed by atoms with Crippen molar-refractivity contribution in [2.75, 3.05) is 7.11 Å². The fourth-order valence-corrected chi connectivity index (χ4v) is 1.34. The lowest BCUT2D eigenvalue weighted by molar-refractivity contribution is -0.385. The smallest absolute Gasteiger partial charge is 0.310 e. The van der Waals surface area contributed by atoms with Crippen LogP contribution in [0.3, 0.4) is 0 Å². The van der Waals surface area contributed by atoms with E-state index in [0.29, 0.717) is 6.42 Å². The molecule has 16 heavy (non-hydrogen) atoms. The molecule has 0 aliphatic rings. The van der Waals surface area contributed by atoms with Crippen molar-refractivity contribution in [3.63, 3.8) is 0 Å². The molecule has 0 saturated heterocycles. The zero-order valence-corrected chi connectivity index (χ0v) is 9.23. The Balaban J connectivity index is 2.99. The van der Waals surface area contributed by atoms with Gasteiger partial charge in [-0.2, -0.15) is 0 Å². The van der Waals surface area contributed by atoms with Crippen molar-refractivity contribution in [2.24, 2.45) is 0 Å². The summed E-state index contributed by atoms with van der Waals surface area (Å²) in [5.41, 5.74) is 0.643. The molecule has 0 atom stereocenters. The number of benzene rings is 1. The summed E-state index contributed by atoms with van der Waals surface area (Å²) in [6.45, 7) is 1.78. The summed E-state index contributed by atoms with van der Waals surface area (Å²) in [4.78, 5) is 21.3. The van der Waals surface area contributed by atoms with E-state index in [4.69, 9.17) is 4.74 Å². The van der Waals surface area contributed by atoms with Crippen LogP contribution in [0.25, 0.3) is 0 Å². The van der Waals surface area contributed by atoms with Crippen LogP contribution in [0.1, 0.15) is 18.9 Å². The van der Waals surface area contributed by atoms with Crippen molar-refractivity contribution < 1.29 is 14.5 Å². The first-order chi connectivity index (χ1) is 7.58. The highest BCUT2D eigenvalue weighted by Gasteiger charge is 2.15. The largest absolute Gasteiger partial charge is 0.490 e. The Morgan fingerprint density at radius 1 is 1.50 bits per heavy atom. The standard InChI is InChI=1S/C11H13NO4/c1-3-9(13)6-8-4-5-10(12(14)15)11(7-8)16-2/h4-5,7H,3,6H2,1-2H3. The number of Topliss-reactive ketones (excluding diaryl/α,β-unsaturated/α-hetero) is 1. The molecule has 5 nitrogen and oxygen atoms in total. The van der Waals surface area contributed by atoms with Crippen LogP contribution in [0.2, 0.25) is 0 Å². The molecular weight excluding hydrogens is 210 g/mol. The van der Waals surface area contributed by atoms with Gasteiger partial charge in [0.1, 0.15) is 5.78 Å². The molecule has 5 heteroatoms. The summed E-state index contributed by atoms with van der Waals surface area (Å²) in [5, 5.41) is 10.6. The van der Waals surface area contributed by atoms with Crippen LogP contribution in [0.5, 0.6) is 5.75 Å². The number of nitro groups is 1. The highest BCUT2D eigenvalue weighted by Crippen LogP contribution is 2.27. The van der Waals surface area contributed by atoms with Crippen molar-refractivity contribution in [2.45, 2.75) is 19.8 Å². The molecule has 0 N–H and O–H groups in total. The summed E-state index contributed by atoms with van der Waals surface area (Å²) in [7, 11) is 1.37. The minimum atomic E-state index is -0.510. The molecule has 0 fully saturated rings. The number of nitro benzene ring substituents is 1. The van der Waals surface area contributed by atoms with Crippen molar-refractivity contribution in [1.82, 2.24) is 0 Å². The van der Waals surface area contributed by atoms with Crippen LogP contribution in [0, 0.1) is 10.1 Å². The molecule has 0 aliphatic carbocycles. The SMILES string of the molecule is CCC(=O)Cc1ccc([N+](=O)[O-])c(OC)c1. The Morgan fingerprint density at radius 3 is 2.69 bits per heavy atom. The number of methoxy groups -OCH3 is 1. The van der Waals surface area contributed by atoms with E-state index in [-0.39, 0.29) is 23.6 Å². The topological polar surface area (TPSA) is 69.4 Å². The molecule has 0 heterocycles. The molecule has 1 aromatic rings. The molecule has 86 valence electrons. The molecule has 0 spiro atoms. The van der Waals surface area contributed by atoms with E-state index in [9.17, 15) is 14.9 Å². The number of hydrogen-bond donors (Lipinski definition) is 0. The van der Waals surface area contributed by atoms with Gasteiger partial charge in [-0.3, -0.25) is 14.9 Å². The fourth-order valence-electron chi connectivity index (χ4n) is 1.34. The normalized spacial score (nSPS) is 9.88. The van der Waals surface area contributed by atoms with Gasteiger partial charge in [-0.1, -0.05) is 13.0 Å². The summed E-state index contributed by atoms with van der Waals surface area (Å²) in [6.07, 6.45) is 0.740. The maximum absolute atomic E-state index is 11.2. The van der Waals surface area contributed by atoms with Crippen molar-refractivity contribution >= 4 is 11.5 Å². The third-order valence-corrected chi connectivity index (χ3v) is 2.24. The number of carbonyl (C=O) groups excluding carboxylic acids is 1. The molecule has 0 unspecified atom stereocenters. The monoisotopic (exact) mass is 223 g/mol. The highest BCUT2D eigenvalue weighted by molar-refractivity contribution is 5.80. The minimum absolute atomic E-state index is 0.0878. The number of nitrogens with zero attached hydrogens (tertiary/aromatic N) is 1. The van der Waals surface area contributed by atoms with E-state index in [1.54, 1.807) is 13.0 Å². The van der Waals surface area contributed by atoms with Crippen LogP contribution in [0.4, 0.5) is 5.69 Å². The molecular formula is C11H13NO4. The third-order valence-electron chi connectivity index (χ3n) is 2.24. The van der Waals surface area contributed by atoms with Crippen molar-refractivity contribution in [3.8, 4) is 5.75 Å². The maximum atomic E-state index is 11.2. The van der Waals surface area contributed by atoms with Gasteiger partial charge in [0.05, 0.1) is 12.0 Å². The molecule has 1 rings (SSSR count). The quantitative estimate of drug-likeness (QED) is 0.566. The van der Waals surface area contributed by atoms with Crippen LogP contribution in [-0.2, 0) is 11.2 Å². The van der Waals surface area contributed by atoms with Gasteiger partial charge in [-0.05, 0) is 11.6 Å². The van der Waals surface area contributed by atoms with Gasteiger partial charge in [-0.25, -0.2) is 0 Å². The predicted octanol–water partition coefficient (Wildman–Crippen LogP) is 2.12. The number of ketones is 1. The molecule has 1 aromatic carbocycles. The van der Waals surface area contributed by atoms with Crippen molar-refractivity contribution in [3.05, 3.63) is 33.9 Å². The average molecular weight is 223 g/mol. The second-order valence-electron chi connectivity index (χ2n) is 3.33. The Hall–Kier alpha value is -1.91. The Labute approximate surface area is 93.2 Å². The molecule has 0 radical (unpaired) electrons. The van der Waals surface area contributed by atoms with E-state index in [1.165, 1.54) is 19.2 Å². The second kappa shape index (κ2) is 5.25. The lowest BCUT2D eigenvalue weighted by Gasteiger charge is -2.04. The zero-order valence-electron chi connectivity index (χ0n) is 9.23. The lowest BCUT2D eigenvalue weighted by Crippen LogP contribution is -2.01. The first-order valence-corrected chi connectivity index (χ1v) is 4.91. The Morgan fingerprint density at radius 2 is 2.19 bits per heavy atom. The van der Waals surface area contributed by atoms with Gasteiger partial charge in [0.15, 0.2) is 5.75 Å². The van der Waals surface area contributed by atoms with E-state index < -0.39 is 4.92 Å². The fraction of sp³-hybridized carbons (Fsp3) is 0.364. The van der Waals surface area contributed by atoms with Gasteiger partial charge in [0, 0.05) is 18.9 Å². The van der Waals surface area contributed by atoms with E-state index in [0.717, 1.165) is 5.56 Å². The van der Waals surface area contributed by atoms with E-state index in [2.05, 4.69) is 0 Å². The first-order valence-electron chi connectivity index (χ1n) is 4.91. The zero-order chi connectivity index (χ0) is 12.1. The summed E-state index contributed by atoms with van der Waals surface area (Å²) >= 11 is 0. The first kappa shape index (κ1) is 12.2. The highest BCUT2D eigenvalue weighted by atomic mass is 16.6. The molecule has 0 aromatic heterocycles. The lowest BCUT2D eigenvalue weighted by atomic mass is 10.1. The predicted molar refractivity (Wildman–Crippen MR) is 58.7 cm³/mol. The molecule has 0 saturated carbocycles. The van der Waals surface area contributed by atoms with Gasteiger partial charge in [0.2, 0.25) is 0 Å². The number of carbonyl (C=O) groups is 1. The summed E-state index contributed by atoms with van der Waals surface area (Å²) < 4.78 is 4.91. The van der Waals surface area contributed by atoms with Gasteiger partial charge >= 0.3 is 5.69 Å². The summed E-state index contributed by atoms with van der Waals surface area (Å²) in [6, 6.07) is 4.47. The maximum Gasteiger partial charge on any atom is 0.310 e. The van der Waals surface area contributed by atoms with Crippen LogP contribution < -0.4 is 4.74 Å². The minimum Gasteiger partial charge on any atom is -0.490 e. The van der Waals surface area contributed by atoms with E-state index in [1.807, 2.05) is 0 Å². The van der Waals surface area contributed by atoms with Gasteiger partial charge in [-0.15, -0.1) is 0 Å². The number of ether oxygens (including phenoxy) is 1. The van der Waals surface area contributed by atoms with E-state index >= 15 is 0 Å².